The first-order valence-electron chi connectivity index (χ1n) is 17.3. The summed E-state index contributed by atoms with van der Waals surface area (Å²) < 4.78 is 54.4. The van der Waals surface area contributed by atoms with E-state index in [4.69, 9.17) is 14.2 Å². The molecule has 3 unspecified atom stereocenters. The molecule has 1 aliphatic carbocycles. The van der Waals surface area contributed by atoms with E-state index in [1.54, 1.807) is 20.3 Å². The Balaban J connectivity index is 0.000000217. The van der Waals surface area contributed by atoms with Crippen LogP contribution in [0.4, 0.5) is 18.9 Å². The molecular weight excluding hydrogens is 667 g/mol. The molecule has 3 aliphatic rings. The lowest BCUT2D eigenvalue weighted by molar-refractivity contribution is -0.317. The SMILES string of the molecule is CCC(C)C(C)CC(C)COC.COc1ccc2nc(C)sc2c1C(=O)Nc1ccc(C)cc1C.O=CNC12CCC(C(F)(F)F)(CC1)OC2. The second-order valence-corrected chi connectivity index (χ2v) is 15.2. The first kappa shape index (κ1) is 41.2. The molecule has 3 atom stereocenters. The van der Waals surface area contributed by atoms with Crippen molar-refractivity contribution in [1.82, 2.24) is 10.3 Å². The number of methoxy groups -OCH3 is 2. The molecule has 1 aromatic heterocycles. The number of nitrogens with zero attached hydrogens (tertiary/aromatic N) is 1. The second kappa shape index (κ2) is 17.8. The van der Waals surface area contributed by atoms with E-state index in [1.807, 2.05) is 45.0 Å². The lowest BCUT2D eigenvalue weighted by Gasteiger charge is -2.52. The fourth-order valence-electron chi connectivity index (χ4n) is 6.60. The third-order valence-corrected chi connectivity index (χ3v) is 11.1. The molecule has 8 nitrogen and oxygen atoms in total. The molecule has 2 aliphatic heterocycles. The summed E-state index contributed by atoms with van der Waals surface area (Å²) in [4.78, 5) is 27.6. The summed E-state index contributed by atoms with van der Waals surface area (Å²) in [5, 5.41) is 6.50. The standard InChI is InChI=1S/C18H18N2O2S.C11H24O.C9H12F3NO2/c1-10-5-6-13(11(2)9-10)20-18(21)16-15(22-4)8-7-14-17(16)23-12(3)19-14;1-6-10(3)11(4)7-9(2)8-12-5;10-9(11,12)8-3-1-7(2-4-8,5-15-8)13-6-14/h5-9H,1-4H3,(H,20,21);9-11H,6-8H2,1-5H3;6H,1-5H2,(H,13,14). The number of thiazole rings is 1. The van der Waals surface area contributed by atoms with Gasteiger partial charge in [-0.05, 0) is 94.4 Å². The van der Waals surface area contributed by atoms with Crippen molar-refractivity contribution < 1.29 is 37.0 Å². The molecule has 3 fully saturated rings. The lowest BCUT2D eigenvalue weighted by atomic mass is 9.71. The zero-order chi connectivity index (χ0) is 37.3. The van der Waals surface area contributed by atoms with Gasteiger partial charge in [-0.2, -0.15) is 13.2 Å². The Bertz CT molecular complexity index is 1550. The molecule has 2 amide bonds. The van der Waals surface area contributed by atoms with Gasteiger partial charge in [0.2, 0.25) is 6.41 Å². The number of aryl methyl sites for hydroxylation is 3. The van der Waals surface area contributed by atoms with Gasteiger partial charge < -0.3 is 24.8 Å². The quantitative estimate of drug-likeness (QED) is 0.192. The van der Waals surface area contributed by atoms with Crippen molar-refractivity contribution in [1.29, 1.82) is 0 Å². The van der Waals surface area contributed by atoms with E-state index in [9.17, 15) is 22.8 Å². The molecule has 6 rings (SSSR count). The molecule has 1 saturated carbocycles. The Morgan fingerprint density at radius 1 is 1.06 bits per heavy atom. The lowest BCUT2D eigenvalue weighted by Crippen LogP contribution is -2.65. The highest BCUT2D eigenvalue weighted by molar-refractivity contribution is 7.19. The Labute approximate surface area is 298 Å². The number of nitrogens with one attached hydrogen (secondary N) is 2. The minimum atomic E-state index is -4.30. The maximum atomic E-state index is 12.8. The van der Waals surface area contributed by atoms with Gasteiger partial charge in [-0.25, -0.2) is 4.98 Å². The zero-order valence-electron chi connectivity index (χ0n) is 30.9. The van der Waals surface area contributed by atoms with E-state index in [0.29, 0.717) is 36.5 Å². The number of hydrogen-bond acceptors (Lipinski definition) is 7. The topological polar surface area (TPSA) is 98.8 Å². The largest absolute Gasteiger partial charge is 0.496 e. The van der Waals surface area contributed by atoms with Gasteiger partial charge in [0.15, 0.2) is 5.60 Å². The monoisotopic (exact) mass is 721 g/mol. The van der Waals surface area contributed by atoms with E-state index in [2.05, 4.69) is 43.3 Å². The summed E-state index contributed by atoms with van der Waals surface area (Å²) in [7, 11) is 3.35. The van der Waals surface area contributed by atoms with E-state index >= 15 is 0 Å². The maximum Gasteiger partial charge on any atom is 0.417 e. The van der Waals surface area contributed by atoms with Crippen molar-refractivity contribution in [2.45, 2.75) is 104 Å². The van der Waals surface area contributed by atoms with Gasteiger partial charge in [-0.1, -0.05) is 51.8 Å². The number of carbonyl (C=O) groups excluding carboxylic acids is 2. The predicted octanol–water partition coefficient (Wildman–Crippen LogP) is 9.20. The van der Waals surface area contributed by atoms with Gasteiger partial charge >= 0.3 is 6.18 Å². The van der Waals surface area contributed by atoms with E-state index in [-0.39, 0.29) is 25.4 Å². The number of fused-ring (bicyclic) bond motifs is 4. The van der Waals surface area contributed by atoms with E-state index in [1.165, 1.54) is 29.7 Å². The Hall–Kier alpha value is -3.22. The summed E-state index contributed by atoms with van der Waals surface area (Å²) in [5.74, 6) is 2.77. The van der Waals surface area contributed by atoms with Crippen molar-refractivity contribution in [3.8, 4) is 5.75 Å². The fourth-order valence-corrected chi connectivity index (χ4v) is 7.56. The first-order chi connectivity index (χ1) is 23.5. The molecule has 2 aromatic carbocycles. The normalized spacial score (nSPS) is 21.5. The number of alkyl halides is 3. The summed E-state index contributed by atoms with van der Waals surface area (Å²) in [6.45, 7) is 16.0. The number of aromatic nitrogens is 1. The summed E-state index contributed by atoms with van der Waals surface area (Å²) in [6, 6.07) is 9.62. The number of hydrogen-bond donors (Lipinski definition) is 2. The predicted molar refractivity (Wildman–Crippen MR) is 194 cm³/mol. The average molecular weight is 722 g/mol. The summed E-state index contributed by atoms with van der Waals surface area (Å²) in [6.07, 6.45) is -0.620. The molecule has 2 bridgehead atoms. The summed E-state index contributed by atoms with van der Waals surface area (Å²) in [5.41, 5.74) is 1.84. The van der Waals surface area contributed by atoms with Crippen molar-refractivity contribution in [2.24, 2.45) is 17.8 Å². The highest BCUT2D eigenvalue weighted by Gasteiger charge is 2.63. The van der Waals surface area contributed by atoms with Crippen LogP contribution in [0.25, 0.3) is 10.2 Å². The molecule has 278 valence electrons. The number of ether oxygens (including phenoxy) is 3. The molecule has 2 N–H and O–H groups in total. The number of anilines is 1. The van der Waals surface area contributed by atoms with Crippen molar-refractivity contribution in [2.75, 3.05) is 32.8 Å². The molecule has 2 saturated heterocycles. The number of benzene rings is 2. The van der Waals surface area contributed by atoms with Crippen LogP contribution in [0.15, 0.2) is 30.3 Å². The van der Waals surface area contributed by atoms with Crippen LogP contribution in [0, 0.1) is 38.5 Å². The van der Waals surface area contributed by atoms with E-state index < -0.39 is 17.3 Å². The van der Waals surface area contributed by atoms with E-state index in [0.717, 1.165) is 44.9 Å². The van der Waals surface area contributed by atoms with Gasteiger partial charge in [-0.15, -0.1) is 11.3 Å². The molecule has 12 heteroatoms. The van der Waals surface area contributed by atoms with Gasteiger partial charge in [0.1, 0.15) is 11.3 Å². The Kier molecular flexibility index (Phi) is 14.7. The highest BCUT2D eigenvalue weighted by atomic mass is 32.1. The van der Waals surface area contributed by atoms with Crippen molar-refractivity contribution >= 4 is 39.6 Å². The first-order valence-corrected chi connectivity index (χ1v) is 18.1. The summed E-state index contributed by atoms with van der Waals surface area (Å²) >= 11 is 1.50. The van der Waals surface area contributed by atoms with Gasteiger partial charge in [0.05, 0.1) is 34.5 Å². The third-order valence-electron chi connectivity index (χ3n) is 10.1. The Morgan fingerprint density at radius 2 is 1.74 bits per heavy atom. The molecule has 0 spiro atoms. The highest BCUT2D eigenvalue weighted by Crippen LogP contribution is 2.51. The van der Waals surface area contributed by atoms with Crippen LogP contribution in [0.2, 0.25) is 0 Å². The number of amides is 2. The number of halogens is 3. The third kappa shape index (κ3) is 10.2. The van der Waals surface area contributed by atoms with Crippen LogP contribution < -0.4 is 15.4 Å². The number of rotatable bonds is 11. The minimum absolute atomic E-state index is 0.0365. The maximum absolute atomic E-state index is 12.8. The molecule has 3 heterocycles. The Morgan fingerprint density at radius 3 is 2.26 bits per heavy atom. The zero-order valence-corrected chi connectivity index (χ0v) is 31.7. The smallest absolute Gasteiger partial charge is 0.417 e. The molecule has 0 radical (unpaired) electrons. The molecule has 50 heavy (non-hydrogen) atoms. The van der Waals surface area contributed by atoms with Crippen LogP contribution in [0.3, 0.4) is 0 Å². The van der Waals surface area contributed by atoms with Gasteiger partial charge in [0.25, 0.3) is 5.91 Å². The molecular formula is C38H54F3N3O5S. The van der Waals surface area contributed by atoms with Gasteiger partial charge in [-0.3, -0.25) is 9.59 Å². The van der Waals surface area contributed by atoms with Crippen molar-refractivity contribution in [3.05, 3.63) is 52.0 Å². The van der Waals surface area contributed by atoms with Crippen molar-refractivity contribution in [3.63, 3.8) is 0 Å². The molecule has 3 aromatic rings. The fraction of sp³-hybridized carbons (Fsp3) is 0.605. The average Bonchev–Trinajstić information content (AvgIpc) is 3.46. The van der Waals surface area contributed by atoms with Crippen LogP contribution in [0.1, 0.15) is 92.7 Å². The van der Waals surface area contributed by atoms with Crippen LogP contribution in [0.5, 0.6) is 5.75 Å². The minimum Gasteiger partial charge on any atom is -0.496 e. The number of carbonyl (C=O) groups is 2. The second-order valence-electron chi connectivity index (χ2n) is 14.0. The van der Waals surface area contributed by atoms with Crippen LogP contribution in [-0.4, -0.2) is 62.1 Å². The van der Waals surface area contributed by atoms with Gasteiger partial charge in [0, 0.05) is 19.4 Å². The van der Waals surface area contributed by atoms with Crippen LogP contribution in [-0.2, 0) is 14.3 Å². The van der Waals surface area contributed by atoms with Crippen LogP contribution >= 0.6 is 11.3 Å².